The van der Waals surface area contributed by atoms with Crippen LogP contribution in [0.15, 0.2) is 24.3 Å². The number of rotatable bonds is 6. The Hall–Kier alpha value is -1.64. The molecule has 1 unspecified atom stereocenters. The van der Waals surface area contributed by atoms with E-state index in [1.165, 1.54) is 4.57 Å². The third kappa shape index (κ3) is 3.38. The van der Waals surface area contributed by atoms with Crippen LogP contribution in [-0.2, 0) is 6.42 Å². The van der Waals surface area contributed by atoms with Crippen LogP contribution in [0.4, 0.5) is 5.69 Å². The van der Waals surface area contributed by atoms with Crippen molar-refractivity contribution in [3.8, 4) is 17.4 Å². The number of aromatic hydroxyl groups is 2. The Labute approximate surface area is 155 Å². The third-order valence-corrected chi connectivity index (χ3v) is 5.99. The number of halogens is 1. The van der Waals surface area contributed by atoms with Crippen LogP contribution in [0.3, 0.4) is 0 Å². The second kappa shape index (κ2) is 7.72. The molecule has 0 bridgehead atoms. The topological polar surface area (TPSA) is 48.6 Å². The van der Waals surface area contributed by atoms with Crippen molar-refractivity contribution in [1.29, 1.82) is 0 Å². The van der Waals surface area contributed by atoms with Crippen molar-refractivity contribution in [3.63, 3.8) is 0 Å². The van der Waals surface area contributed by atoms with Crippen LogP contribution in [-0.4, -0.2) is 33.8 Å². The second-order valence-corrected chi connectivity index (χ2v) is 8.00. The molecule has 0 radical (unpaired) electrons. The van der Waals surface area contributed by atoms with Gasteiger partial charge in [0.2, 0.25) is 11.8 Å². The van der Waals surface area contributed by atoms with Crippen LogP contribution in [0.5, 0.6) is 11.8 Å². The quantitative estimate of drug-likeness (QED) is 0.697. The number of anilines is 1. The molecule has 134 valence electrons. The van der Waals surface area contributed by atoms with E-state index in [0.717, 1.165) is 57.4 Å². The van der Waals surface area contributed by atoms with Gasteiger partial charge in [-0.1, -0.05) is 30.7 Å². The van der Waals surface area contributed by atoms with Crippen LogP contribution in [0, 0.1) is 0 Å². The van der Waals surface area contributed by atoms with Gasteiger partial charge in [0.25, 0.3) is 0 Å². The molecular formula is C19H24ClN2O2P. The van der Waals surface area contributed by atoms with E-state index >= 15 is 0 Å². The molecule has 0 fully saturated rings. The van der Waals surface area contributed by atoms with Gasteiger partial charge in [-0.15, -0.1) is 8.58 Å². The molecular weight excluding hydrogens is 355 g/mol. The fourth-order valence-corrected chi connectivity index (χ4v) is 4.33. The predicted molar refractivity (Wildman–Crippen MR) is 108 cm³/mol. The van der Waals surface area contributed by atoms with E-state index in [0.29, 0.717) is 10.6 Å². The van der Waals surface area contributed by atoms with Crippen LogP contribution >= 0.6 is 20.2 Å². The van der Waals surface area contributed by atoms with Gasteiger partial charge in [-0.3, -0.25) is 4.57 Å². The predicted octanol–water partition coefficient (Wildman–Crippen LogP) is 4.98. The van der Waals surface area contributed by atoms with Gasteiger partial charge in [0, 0.05) is 24.0 Å². The normalized spacial score (nSPS) is 13.6. The maximum absolute atomic E-state index is 10.6. The molecule has 0 amide bonds. The van der Waals surface area contributed by atoms with Gasteiger partial charge in [-0.2, -0.15) is 0 Å². The zero-order valence-corrected chi connectivity index (χ0v) is 16.3. The van der Waals surface area contributed by atoms with Gasteiger partial charge >= 0.3 is 0 Å². The Bertz CT molecular complexity index is 801. The van der Waals surface area contributed by atoms with E-state index < -0.39 is 0 Å². The van der Waals surface area contributed by atoms with Crippen molar-refractivity contribution >= 4 is 31.9 Å². The molecule has 2 aromatic rings. The molecule has 0 saturated carbocycles. The van der Waals surface area contributed by atoms with Gasteiger partial charge in [-0.25, -0.2) is 0 Å². The minimum absolute atomic E-state index is 0.0789. The molecule has 6 heteroatoms. The smallest absolute Gasteiger partial charge is 0.206 e. The standard InChI is InChI=1S/C19H24ClN2O2P/c1-3-21(12-25-4-2)17-11-13(9-10-16(17)20)22-18(23)14-7-5-6-8-15(14)19(22)24/h5,7,9-11,23-25H,3-4,6,8,12H2,1-2H3. The summed E-state index contributed by atoms with van der Waals surface area (Å²) in [7, 11) is 0.845. The number of fused-ring (bicyclic) bond motifs is 1. The lowest BCUT2D eigenvalue weighted by molar-refractivity contribution is 0.400. The van der Waals surface area contributed by atoms with Gasteiger partial charge < -0.3 is 15.1 Å². The van der Waals surface area contributed by atoms with E-state index in [1.54, 1.807) is 0 Å². The van der Waals surface area contributed by atoms with Crippen molar-refractivity contribution in [1.82, 2.24) is 4.57 Å². The van der Waals surface area contributed by atoms with Crippen molar-refractivity contribution in [2.24, 2.45) is 0 Å². The van der Waals surface area contributed by atoms with Gasteiger partial charge in [0.1, 0.15) is 0 Å². The molecule has 1 aliphatic rings. The minimum atomic E-state index is 0.0789. The molecule has 0 saturated heterocycles. The first kappa shape index (κ1) is 18.2. The lowest BCUT2D eigenvalue weighted by atomic mass is 10.0. The van der Waals surface area contributed by atoms with Crippen molar-refractivity contribution in [2.75, 3.05) is 23.9 Å². The average molecular weight is 379 g/mol. The first-order valence-corrected chi connectivity index (χ1v) is 10.4. The maximum atomic E-state index is 10.6. The van der Waals surface area contributed by atoms with Crippen molar-refractivity contribution < 1.29 is 10.2 Å². The van der Waals surface area contributed by atoms with Crippen LogP contribution in [0.2, 0.25) is 5.02 Å². The summed E-state index contributed by atoms with van der Waals surface area (Å²) >= 11 is 6.43. The molecule has 1 aromatic heterocycles. The maximum Gasteiger partial charge on any atom is 0.206 e. The molecule has 0 spiro atoms. The van der Waals surface area contributed by atoms with Gasteiger partial charge in [-0.05, 0) is 44.1 Å². The molecule has 4 nitrogen and oxygen atoms in total. The van der Waals surface area contributed by atoms with Crippen LogP contribution in [0.25, 0.3) is 11.8 Å². The zero-order valence-electron chi connectivity index (χ0n) is 14.6. The Kier molecular flexibility index (Phi) is 5.61. The molecule has 1 heterocycles. The number of hydrogen-bond donors (Lipinski definition) is 2. The Balaban J connectivity index is 2.06. The largest absolute Gasteiger partial charge is 0.494 e. The van der Waals surface area contributed by atoms with E-state index in [9.17, 15) is 10.2 Å². The number of nitrogens with zero attached hydrogens (tertiary/aromatic N) is 2. The van der Waals surface area contributed by atoms with E-state index in [4.69, 9.17) is 11.6 Å². The first-order valence-electron chi connectivity index (χ1n) is 8.66. The summed E-state index contributed by atoms with van der Waals surface area (Å²) < 4.78 is 1.51. The third-order valence-electron chi connectivity index (χ3n) is 4.57. The van der Waals surface area contributed by atoms with E-state index in [1.807, 2.05) is 30.4 Å². The van der Waals surface area contributed by atoms with E-state index in [2.05, 4.69) is 18.7 Å². The molecule has 1 aliphatic carbocycles. The zero-order chi connectivity index (χ0) is 18.0. The van der Waals surface area contributed by atoms with E-state index in [-0.39, 0.29) is 11.8 Å². The summed E-state index contributed by atoms with van der Waals surface area (Å²) in [6.07, 6.45) is 7.60. The first-order chi connectivity index (χ1) is 12.1. The number of benzene rings is 1. The summed E-state index contributed by atoms with van der Waals surface area (Å²) in [6.45, 7) is 5.15. The minimum Gasteiger partial charge on any atom is -0.494 e. The molecule has 1 atom stereocenters. The summed E-state index contributed by atoms with van der Waals surface area (Å²) in [4.78, 5) is 2.24. The lowest BCUT2D eigenvalue weighted by Crippen LogP contribution is -2.22. The number of aromatic nitrogens is 1. The molecule has 0 aliphatic heterocycles. The number of allylic oxidation sites excluding steroid dienone is 1. The van der Waals surface area contributed by atoms with Crippen molar-refractivity contribution in [2.45, 2.75) is 26.7 Å². The monoisotopic (exact) mass is 378 g/mol. The fraction of sp³-hybridized carbons (Fsp3) is 0.368. The highest BCUT2D eigenvalue weighted by Gasteiger charge is 2.23. The SMILES string of the molecule is CCPCN(CC)c1cc(-n2c(O)c3c(c2O)CCC=C3)ccc1Cl. The van der Waals surface area contributed by atoms with Gasteiger partial charge in [0.15, 0.2) is 0 Å². The summed E-state index contributed by atoms with van der Waals surface area (Å²) in [5.74, 6) is 0.193. The van der Waals surface area contributed by atoms with Crippen molar-refractivity contribution in [3.05, 3.63) is 40.4 Å². The molecule has 3 rings (SSSR count). The van der Waals surface area contributed by atoms with Crippen LogP contribution < -0.4 is 4.90 Å². The highest BCUT2D eigenvalue weighted by atomic mass is 35.5. The summed E-state index contributed by atoms with van der Waals surface area (Å²) in [5, 5.41) is 21.9. The lowest BCUT2D eigenvalue weighted by Gasteiger charge is -2.25. The molecule has 1 aromatic carbocycles. The highest BCUT2D eigenvalue weighted by Crippen LogP contribution is 2.41. The Morgan fingerprint density at radius 2 is 2.04 bits per heavy atom. The molecule has 25 heavy (non-hydrogen) atoms. The van der Waals surface area contributed by atoms with Crippen LogP contribution in [0.1, 0.15) is 31.4 Å². The average Bonchev–Trinajstić information content (AvgIpc) is 2.88. The Morgan fingerprint density at radius 3 is 2.72 bits per heavy atom. The van der Waals surface area contributed by atoms with Gasteiger partial charge in [0.05, 0.1) is 16.4 Å². The summed E-state index contributed by atoms with van der Waals surface area (Å²) in [6, 6.07) is 5.61. The molecule has 2 N–H and O–H groups in total. The summed E-state index contributed by atoms with van der Waals surface area (Å²) in [5.41, 5.74) is 3.16. The number of hydrogen-bond acceptors (Lipinski definition) is 3. The fourth-order valence-electron chi connectivity index (χ4n) is 3.20. The highest BCUT2D eigenvalue weighted by molar-refractivity contribution is 7.38. The second-order valence-electron chi connectivity index (χ2n) is 6.07. The Morgan fingerprint density at radius 1 is 1.24 bits per heavy atom.